The highest BCUT2D eigenvalue weighted by Crippen LogP contribution is 2.21. The Bertz CT molecular complexity index is 1420. The lowest BCUT2D eigenvalue weighted by Crippen LogP contribution is -2.63. The molecule has 2 aliphatic heterocycles. The van der Waals surface area contributed by atoms with Crippen LogP contribution in [0.5, 0.6) is 5.75 Å². The molecule has 7 atom stereocenters. The number of aliphatic hydroxyl groups excluding tert-OH is 1. The number of nitrogens with two attached hydrogens (primary N) is 1. The summed E-state index contributed by atoms with van der Waals surface area (Å²) in [5.41, 5.74) is 6.22. The number of aromatic hydroxyl groups is 1. The fraction of sp³-hybridized carbons (Fsp3) is 0.618. The molecule has 2 saturated heterocycles. The molecule has 0 spiro atoms. The number of carboxylic acids is 1. The van der Waals surface area contributed by atoms with Crippen LogP contribution in [0.1, 0.15) is 71.3 Å². The van der Waals surface area contributed by atoms with Gasteiger partial charge in [-0.1, -0.05) is 26.0 Å². The highest BCUT2D eigenvalue weighted by Gasteiger charge is 2.41. The van der Waals surface area contributed by atoms with Crippen LogP contribution in [0.4, 0.5) is 0 Å². The predicted molar refractivity (Wildman–Crippen MR) is 182 cm³/mol. The third-order valence-electron chi connectivity index (χ3n) is 8.82. The lowest BCUT2D eigenvalue weighted by Gasteiger charge is -2.32. The Hall–Kier alpha value is -4.77. The Morgan fingerprint density at radius 2 is 1.41 bits per heavy atom. The van der Waals surface area contributed by atoms with Gasteiger partial charge < -0.3 is 52.5 Å². The molecule has 10 N–H and O–H groups in total. The molecule has 17 heteroatoms. The summed E-state index contributed by atoms with van der Waals surface area (Å²) >= 11 is 0. The Labute approximate surface area is 296 Å². The van der Waals surface area contributed by atoms with Crippen LogP contribution in [0.25, 0.3) is 0 Å². The molecule has 0 unspecified atom stereocenters. The van der Waals surface area contributed by atoms with Crippen molar-refractivity contribution in [1.82, 2.24) is 31.5 Å². The molecule has 0 radical (unpaired) electrons. The van der Waals surface area contributed by atoms with E-state index in [4.69, 9.17) is 5.73 Å². The Morgan fingerprint density at radius 3 is 2.02 bits per heavy atom. The molecule has 2 heterocycles. The minimum absolute atomic E-state index is 0.0152. The number of fused-ring (bicyclic) bond motifs is 1. The second kappa shape index (κ2) is 19.0. The molecule has 6 amide bonds. The SMILES string of the molecule is CC(C)C[C@@H]1NC(=O)[C@@H](Cc2ccc(O)cc2)NC(=O)[C@H]2CCCN2C(=O)[C@@H](CCCCN)NC(=O)[C@H]([C@@H](C)O)NC(=O)[C@@H](CC(=O)O)NC1=O. The van der Waals surface area contributed by atoms with Crippen LogP contribution in [0.3, 0.4) is 0 Å². The largest absolute Gasteiger partial charge is 0.508 e. The van der Waals surface area contributed by atoms with Crippen molar-refractivity contribution in [3.05, 3.63) is 29.8 Å². The van der Waals surface area contributed by atoms with Gasteiger partial charge in [0.25, 0.3) is 0 Å². The topological polar surface area (TPSA) is 270 Å². The number of aliphatic carboxylic acids is 1. The summed E-state index contributed by atoms with van der Waals surface area (Å²) in [5.74, 6) is -6.53. The average molecular weight is 718 g/mol. The van der Waals surface area contributed by atoms with Gasteiger partial charge >= 0.3 is 5.97 Å². The van der Waals surface area contributed by atoms with Gasteiger partial charge in [0.15, 0.2) is 0 Å². The number of carboxylic acid groups (broad SMARTS) is 1. The number of hydrogen-bond acceptors (Lipinski definition) is 10. The molecule has 0 aliphatic carbocycles. The van der Waals surface area contributed by atoms with E-state index in [0.29, 0.717) is 31.4 Å². The van der Waals surface area contributed by atoms with E-state index in [2.05, 4.69) is 26.6 Å². The first kappa shape index (κ1) is 40.7. The van der Waals surface area contributed by atoms with Crippen molar-refractivity contribution < 1.29 is 48.9 Å². The smallest absolute Gasteiger partial charge is 0.305 e. The van der Waals surface area contributed by atoms with E-state index in [9.17, 15) is 48.9 Å². The van der Waals surface area contributed by atoms with Crippen molar-refractivity contribution in [2.45, 2.75) is 114 Å². The number of aliphatic hydroxyl groups is 1. The number of phenols is 1. The zero-order chi connectivity index (χ0) is 37.8. The Morgan fingerprint density at radius 1 is 0.824 bits per heavy atom. The van der Waals surface area contributed by atoms with Crippen LogP contribution >= 0.6 is 0 Å². The average Bonchev–Trinajstić information content (AvgIpc) is 3.55. The van der Waals surface area contributed by atoms with Crippen molar-refractivity contribution in [2.24, 2.45) is 11.7 Å². The number of carbonyl (C=O) groups is 7. The van der Waals surface area contributed by atoms with Gasteiger partial charge in [-0.2, -0.15) is 0 Å². The van der Waals surface area contributed by atoms with Crippen molar-refractivity contribution in [2.75, 3.05) is 13.1 Å². The molecular formula is C34H51N7O10. The third-order valence-corrected chi connectivity index (χ3v) is 8.82. The van der Waals surface area contributed by atoms with E-state index >= 15 is 0 Å². The van der Waals surface area contributed by atoms with Crippen LogP contribution in [-0.2, 0) is 40.0 Å². The minimum Gasteiger partial charge on any atom is -0.508 e. The molecule has 17 nitrogen and oxygen atoms in total. The van der Waals surface area contributed by atoms with Gasteiger partial charge in [-0.15, -0.1) is 0 Å². The van der Waals surface area contributed by atoms with Crippen molar-refractivity contribution in [3.8, 4) is 5.75 Å². The maximum atomic E-state index is 14.0. The molecule has 0 saturated carbocycles. The quantitative estimate of drug-likeness (QED) is 0.118. The second-order valence-corrected chi connectivity index (χ2v) is 13.5. The van der Waals surface area contributed by atoms with Crippen molar-refractivity contribution in [1.29, 1.82) is 0 Å². The Balaban J connectivity index is 2.10. The predicted octanol–water partition coefficient (Wildman–Crippen LogP) is -1.61. The van der Waals surface area contributed by atoms with Gasteiger partial charge in [0, 0.05) is 13.0 Å². The number of benzene rings is 1. The van der Waals surface area contributed by atoms with Gasteiger partial charge in [0.2, 0.25) is 35.4 Å². The molecule has 1 aromatic rings. The number of hydrogen-bond donors (Lipinski definition) is 9. The second-order valence-electron chi connectivity index (χ2n) is 13.5. The number of nitrogens with zero attached hydrogens (tertiary/aromatic N) is 1. The summed E-state index contributed by atoms with van der Waals surface area (Å²) in [6, 6.07) is -2.15. The van der Waals surface area contributed by atoms with Crippen molar-refractivity contribution in [3.63, 3.8) is 0 Å². The lowest BCUT2D eigenvalue weighted by atomic mass is 10.00. The van der Waals surface area contributed by atoms with Crippen molar-refractivity contribution >= 4 is 41.4 Å². The molecule has 51 heavy (non-hydrogen) atoms. The first-order valence-electron chi connectivity index (χ1n) is 17.3. The summed E-state index contributed by atoms with van der Waals surface area (Å²) < 4.78 is 0. The summed E-state index contributed by atoms with van der Waals surface area (Å²) in [7, 11) is 0. The van der Waals surface area contributed by atoms with Gasteiger partial charge in [0.05, 0.1) is 12.5 Å². The van der Waals surface area contributed by atoms with Crippen LogP contribution < -0.4 is 32.3 Å². The van der Waals surface area contributed by atoms with E-state index < -0.39 is 90.2 Å². The molecule has 3 rings (SSSR count). The van der Waals surface area contributed by atoms with E-state index in [1.54, 1.807) is 26.0 Å². The number of carbonyl (C=O) groups excluding carboxylic acids is 6. The van der Waals surface area contributed by atoms with Crippen LogP contribution in [0.15, 0.2) is 24.3 Å². The van der Waals surface area contributed by atoms with Crippen LogP contribution in [-0.4, -0.2) is 117 Å². The summed E-state index contributed by atoms with van der Waals surface area (Å²) in [6.07, 6.45) is -0.626. The third kappa shape index (κ3) is 11.9. The summed E-state index contributed by atoms with van der Waals surface area (Å²) in [6.45, 7) is 5.27. The standard InChI is InChI=1S/C34H51N7O10/c1-18(2)15-23-29(46)38-25(17-27(44)45)31(48)40-28(19(3)42)33(50)36-22(7-4-5-13-35)34(51)41-14-6-8-26(41)32(49)39-24(30(47)37-23)16-20-9-11-21(43)12-10-20/h9-12,18-19,22-26,28,42-43H,4-8,13-17,35H2,1-3H3,(H,36,50)(H,37,47)(H,38,46)(H,39,49)(H,40,48)(H,44,45)/t19-,22-,23+,24-,25-,26-,28+/m1/s1. The number of unbranched alkanes of at least 4 members (excludes halogenated alkanes) is 1. The zero-order valence-corrected chi connectivity index (χ0v) is 29.2. The fourth-order valence-electron chi connectivity index (χ4n) is 6.15. The first-order chi connectivity index (χ1) is 24.1. The minimum atomic E-state index is -1.73. The summed E-state index contributed by atoms with van der Waals surface area (Å²) in [5, 5.41) is 42.5. The maximum Gasteiger partial charge on any atom is 0.305 e. The normalized spacial score (nSPS) is 26.2. The monoisotopic (exact) mass is 717 g/mol. The number of nitrogens with one attached hydrogen (secondary N) is 5. The first-order valence-corrected chi connectivity index (χ1v) is 17.3. The van der Waals surface area contributed by atoms with Gasteiger partial charge in [0.1, 0.15) is 42.0 Å². The molecule has 2 fully saturated rings. The van der Waals surface area contributed by atoms with Crippen LogP contribution in [0.2, 0.25) is 0 Å². The maximum absolute atomic E-state index is 14.0. The Kier molecular flexibility index (Phi) is 15.2. The highest BCUT2D eigenvalue weighted by molar-refractivity contribution is 5.99. The van der Waals surface area contributed by atoms with Crippen LogP contribution in [0, 0.1) is 5.92 Å². The molecule has 0 bridgehead atoms. The highest BCUT2D eigenvalue weighted by atomic mass is 16.4. The molecule has 282 valence electrons. The number of amides is 6. The van der Waals surface area contributed by atoms with E-state index in [0.717, 1.165) is 0 Å². The number of rotatable bonds is 11. The van der Waals surface area contributed by atoms with E-state index in [1.807, 2.05) is 0 Å². The molecule has 1 aromatic carbocycles. The molecule has 2 aliphatic rings. The molecule has 0 aromatic heterocycles. The van der Waals surface area contributed by atoms with E-state index in [1.165, 1.54) is 24.0 Å². The lowest BCUT2D eigenvalue weighted by molar-refractivity contribution is -0.144. The number of phenolic OH excluding ortho intramolecular Hbond substituents is 1. The molecular weight excluding hydrogens is 666 g/mol. The van der Waals surface area contributed by atoms with E-state index in [-0.39, 0.29) is 43.9 Å². The van der Waals surface area contributed by atoms with Gasteiger partial charge in [-0.25, -0.2) is 0 Å². The van der Waals surface area contributed by atoms with Gasteiger partial charge in [-0.3, -0.25) is 33.6 Å². The summed E-state index contributed by atoms with van der Waals surface area (Å²) in [4.78, 5) is 95.5. The van der Waals surface area contributed by atoms with Gasteiger partial charge in [-0.05, 0) is 75.6 Å². The fourth-order valence-corrected chi connectivity index (χ4v) is 6.15. The zero-order valence-electron chi connectivity index (χ0n) is 29.2.